The fourth-order valence-corrected chi connectivity index (χ4v) is 6.85. The van der Waals surface area contributed by atoms with Crippen LogP contribution in [0.5, 0.6) is 0 Å². The maximum absolute atomic E-state index is 15.7. The van der Waals surface area contributed by atoms with Gasteiger partial charge in [0, 0.05) is 41.4 Å². The summed E-state index contributed by atoms with van der Waals surface area (Å²) >= 11 is 0. The molecule has 0 unspecified atom stereocenters. The number of benzene rings is 1. The van der Waals surface area contributed by atoms with E-state index in [2.05, 4.69) is 31.2 Å². The Balaban J connectivity index is 1.65. The maximum atomic E-state index is 15.7. The second-order valence-corrected chi connectivity index (χ2v) is 12.0. The third-order valence-electron chi connectivity index (χ3n) is 6.56. The van der Waals surface area contributed by atoms with Gasteiger partial charge in [0.15, 0.2) is 5.82 Å². The molecule has 1 aliphatic rings. The van der Waals surface area contributed by atoms with Crippen LogP contribution in [0.25, 0.3) is 33.5 Å². The SMILES string of the molecule is C=C(C)C(=O)Nc1ccc(-c2c(-c3ncc(N=S4(=O)CCCCC4)cc3F)c3c(N)ncnc3n2C)cc1. The first-order valence-electron chi connectivity index (χ1n) is 12.2. The van der Waals surface area contributed by atoms with Crippen LogP contribution < -0.4 is 11.1 Å². The molecule has 1 saturated heterocycles. The molecule has 0 spiro atoms. The van der Waals surface area contributed by atoms with Gasteiger partial charge in [-0.3, -0.25) is 9.78 Å². The number of pyridine rings is 1. The van der Waals surface area contributed by atoms with Gasteiger partial charge in [0.2, 0.25) is 0 Å². The maximum Gasteiger partial charge on any atom is 0.250 e. The highest BCUT2D eigenvalue weighted by atomic mass is 32.2. The number of nitrogens with one attached hydrogen (secondary N) is 1. The Kier molecular flexibility index (Phi) is 6.70. The quantitative estimate of drug-likeness (QED) is 0.339. The van der Waals surface area contributed by atoms with Gasteiger partial charge in [0.1, 0.15) is 23.5 Å². The zero-order valence-electron chi connectivity index (χ0n) is 21.2. The minimum absolute atomic E-state index is 0.0595. The summed E-state index contributed by atoms with van der Waals surface area (Å²) in [5.41, 5.74) is 9.86. The highest BCUT2D eigenvalue weighted by molar-refractivity contribution is 7.93. The molecule has 11 heteroatoms. The van der Waals surface area contributed by atoms with E-state index in [9.17, 15) is 9.00 Å². The van der Waals surface area contributed by atoms with E-state index in [1.807, 2.05) is 16.7 Å². The van der Waals surface area contributed by atoms with Crippen LogP contribution >= 0.6 is 0 Å². The number of carbonyl (C=O) groups excluding carboxylic acids is 1. The van der Waals surface area contributed by atoms with Crippen LogP contribution in [0, 0.1) is 5.82 Å². The highest BCUT2D eigenvalue weighted by Crippen LogP contribution is 2.42. The lowest BCUT2D eigenvalue weighted by Crippen LogP contribution is -2.15. The Hall–Kier alpha value is -4.12. The number of rotatable bonds is 5. The van der Waals surface area contributed by atoms with Gasteiger partial charge in [-0.15, -0.1) is 0 Å². The van der Waals surface area contributed by atoms with Crippen molar-refractivity contribution in [1.82, 2.24) is 19.5 Å². The second-order valence-electron chi connectivity index (χ2n) is 9.41. The topological polar surface area (TPSA) is 128 Å². The molecule has 0 bridgehead atoms. The molecule has 5 rings (SSSR count). The van der Waals surface area contributed by atoms with E-state index in [4.69, 9.17) is 5.73 Å². The van der Waals surface area contributed by atoms with E-state index >= 15 is 4.39 Å². The molecule has 196 valence electrons. The summed E-state index contributed by atoms with van der Waals surface area (Å²) in [6.45, 7) is 5.28. The predicted octanol–water partition coefficient (Wildman–Crippen LogP) is 5.22. The lowest BCUT2D eigenvalue weighted by Gasteiger charge is -2.15. The summed E-state index contributed by atoms with van der Waals surface area (Å²) in [5, 5.41) is 3.25. The molecule has 1 fully saturated rings. The third-order valence-corrected chi connectivity index (χ3v) is 8.96. The number of aromatic nitrogens is 4. The fraction of sp³-hybridized carbons (Fsp3) is 0.259. The molecule has 1 aliphatic heterocycles. The number of fused-ring (bicyclic) bond motifs is 1. The number of nitrogens with two attached hydrogens (primary N) is 1. The molecule has 1 aromatic carbocycles. The number of carbonyl (C=O) groups is 1. The van der Waals surface area contributed by atoms with Crippen molar-refractivity contribution in [1.29, 1.82) is 0 Å². The number of amides is 1. The number of anilines is 2. The summed E-state index contributed by atoms with van der Waals surface area (Å²) in [5.74, 6) is 0.323. The molecule has 0 aliphatic carbocycles. The molecular formula is C27H28FN7O2S. The summed E-state index contributed by atoms with van der Waals surface area (Å²) in [6.07, 6.45) is 5.54. The van der Waals surface area contributed by atoms with Crippen molar-refractivity contribution in [2.75, 3.05) is 22.6 Å². The fourth-order valence-electron chi connectivity index (χ4n) is 4.67. The number of nitrogen functional groups attached to an aromatic ring is 1. The third kappa shape index (κ3) is 4.76. The van der Waals surface area contributed by atoms with Crippen molar-refractivity contribution in [2.45, 2.75) is 26.2 Å². The Bertz CT molecular complexity index is 1690. The molecule has 1 amide bonds. The van der Waals surface area contributed by atoms with E-state index in [0.29, 0.717) is 45.1 Å². The minimum atomic E-state index is -2.41. The van der Waals surface area contributed by atoms with E-state index in [-0.39, 0.29) is 23.1 Å². The van der Waals surface area contributed by atoms with Crippen LogP contribution in [0.15, 0.2) is 59.4 Å². The van der Waals surface area contributed by atoms with Crippen LogP contribution in [0.4, 0.5) is 21.6 Å². The standard InChI is InChI=1S/C27H28FN7O2S/c1-16(2)27(36)33-18-9-7-17(8-10-18)24-21(22-25(29)31-15-32-26(22)35(24)3)23-20(28)13-19(14-30-23)34-38(37)11-5-4-6-12-38/h7-10,13-15H,1,4-6,11-12H2,2-3H3,(H,33,36)(H2,29,31,32). The average Bonchev–Trinajstić information content (AvgIpc) is 3.18. The Morgan fingerprint density at radius 3 is 2.53 bits per heavy atom. The largest absolute Gasteiger partial charge is 0.383 e. The van der Waals surface area contributed by atoms with Gasteiger partial charge in [-0.25, -0.2) is 18.6 Å². The molecule has 4 heterocycles. The first-order valence-corrected chi connectivity index (χ1v) is 14.1. The Labute approximate surface area is 220 Å². The summed E-state index contributed by atoms with van der Waals surface area (Å²) < 4.78 is 34.9. The summed E-state index contributed by atoms with van der Waals surface area (Å²) in [7, 11) is -0.600. The Morgan fingerprint density at radius 1 is 1.16 bits per heavy atom. The van der Waals surface area contributed by atoms with Crippen LogP contribution in [-0.4, -0.2) is 41.1 Å². The van der Waals surface area contributed by atoms with Gasteiger partial charge in [-0.2, -0.15) is 4.36 Å². The molecule has 0 saturated carbocycles. The highest BCUT2D eigenvalue weighted by Gasteiger charge is 2.25. The van der Waals surface area contributed by atoms with Gasteiger partial charge < -0.3 is 15.6 Å². The monoisotopic (exact) mass is 533 g/mol. The molecule has 38 heavy (non-hydrogen) atoms. The normalized spacial score (nSPS) is 14.8. The lowest BCUT2D eigenvalue weighted by molar-refractivity contribution is -0.112. The van der Waals surface area contributed by atoms with E-state index in [0.717, 1.165) is 24.8 Å². The summed E-state index contributed by atoms with van der Waals surface area (Å²) in [4.78, 5) is 24.9. The second kappa shape index (κ2) is 9.97. The number of aryl methyl sites for hydroxylation is 1. The first-order chi connectivity index (χ1) is 18.2. The van der Waals surface area contributed by atoms with E-state index in [1.165, 1.54) is 18.6 Å². The molecule has 3 aromatic heterocycles. The predicted molar refractivity (Wildman–Crippen MR) is 149 cm³/mol. The van der Waals surface area contributed by atoms with Crippen LogP contribution in [0.2, 0.25) is 0 Å². The van der Waals surface area contributed by atoms with E-state index in [1.54, 1.807) is 26.1 Å². The van der Waals surface area contributed by atoms with Gasteiger partial charge in [0.05, 0.1) is 32.7 Å². The molecular weight excluding hydrogens is 505 g/mol. The number of nitrogens with zero attached hydrogens (tertiary/aromatic N) is 5. The van der Waals surface area contributed by atoms with Crippen molar-refractivity contribution < 1.29 is 13.4 Å². The number of halogens is 1. The van der Waals surface area contributed by atoms with Gasteiger partial charge >= 0.3 is 0 Å². The van der Waals surface area contributed by atoms with Crippen molar-refractivity contribution in [3.63, 3.8) is 0 Å². The van der Waals surface area contributed by atoms with Crippen LogP contribution in [0.1, 0.15) is 26.2 Å². The first kappa shape index (κ1) is 25.5. The minimum Gasteiger partial charge on any atom is -0.383 e. The van der Waals surface area contributed by atoms with Gasteiger partial charge in [0.25, 0.3) is 5.91 Å². The zero-order valence-corrected chi connectivity index (χ0v) is 22.0. The van der Waals surface area contributed by atoms with Crippen LogP contribution in [0.3, 0.4) is 0 Å². The van der Waals surface area contributed by atoms with Crippen molar-refractivity contribution in [3.8, 4) is 22.5 Å². The molecule has 4 aromatic rings. The molecule has 9 nitrogen and oxygen atoms in total. The molecule has 0 radical (unpaired) electrons. The van der Waals surface area contributed by atoms with Gasteiger partial charge in [-0.1, -0.05) is 25.1 Å². The molecule has 3 N–H and O–H groups in total. The number of hydrogen-bond donors (Lipinski definition) is 2. The van der Waals surface area contributed by atoms with E-state index < -0.39 is 15.5 Å². The average molecular weight is 534 g/mol. The smallest absolute Gasteiger partial charge is 0.250 e. The van der Waals surface area contributed by atoms with Crippen molar-refractivity contribution in [3.05, 3.63) is 60.8 Å². The summed E-state index contributed by atoms with van der Waals surface area (Å²) in [6, 6.07) is 8.38. The van der Waals surface area contributed by atoms with Crippen LogP contribution in [-0.2, 0) is 21.6 Å². The van der Waals surface area contributed by atoms with Crippen molar-refractivity contribution in [2.24, 2.45) is 11.4 Å². The van der Waals surface area contributed by atoms with Gasteiger partial charge in [-0.05, 0) is 37.5 Å². The Morgan fingerprint density at radius 2 is 1.87 bits per heavy atom. The number of hydrogen-bond acceptors (Lipinski definition) is 7. The lowest BCUT2D eigenvalue weighted by atomic mass is 10.0. The zero-order chi connectivity index (χ0) is 27.0. The van der Waals surface area contributed by atoms with Crippen molar-refractivity contribution >= 4 is 43.9 Å². The molecule has 0 atom stereocenters.